The van der Waals surface area contributed by atoms with Crippen LogP contribution in [0.2, 0.25) is 0 Å². The second-order valence-corrected chi connectivity index (χ2v) is 2.61. The molecule has 0 spiro atoms. The maximum atomic E-state index is 10.9. The molecule has 0 bridgehead atoms. The van der Waals surface area contributed by atoms with Crippen LogP contribution < -0.4 is 10.4 Å². The third kappa shape index (κ3) is 2.91. The second-order valence-electron chi connectivity index (χ2n) is 2.61. The normalized spacial score (nSPS) is 10.0. The molecule has 0 fully saturated rings. The lowest BCUT2D eigenvalue weighted by molar-refractivity contribution is 0.282. The molecule has 0 atom stereocenters. The molecule has 0 aliphatic rings. The number of ether oxygens (including phenoxy) is 1. The van der Waals surface area contributed by atoms with E-state index in [4.69, 9.17) is 14.3 Å². The van der Waals surface area contributed by atoms with Crippen molar-refractivity contribution in [1.82, 2.24) is 0 Å². The van der Waals surface area contributed by atoms with Crippen molar-refractivity contribution >= 4 is 0 Å². The van der Waals surface area contributed by atoms with Crippen molar-refractivity contribution in [2.75, 3.05) is 13.7 Å². The van der Waals surface area contributed by atoms with E-state index in [1.54, 1.807) is 6.07 Å². The lowest BCUT2D eigenvalue weighted by Crippen LogP contribution is -2.01. The molecule has 1 aromatic rings. The smallest absolute Gasteiger partial charge is 0.339 e. The van der Waals surface area contributed by atoms with E-state index in [1.807, 2.05) is 0 Å². The Labute approximate surface area is 75.8 Å². The van der Waals surface area contributed by atoms with E-state index in [2.05, 4.69) is 0 Å². The molecule has 0 radical (unpaired) electrons. The van der Waals surface area contributed by atoms with Gasteiger partial charge in [0.2, 0.25) is 0 Å². The second kappa shape index (κ2) is 4.67. The van der Waals surface area contributed by atoms with Crippen LogP contribution in [0, 0.1) is 0 Å². The first-order valence-corrected chi connectivity index (χ1v) is 4.05. The first-order valence-electron chi connectivity index (χ1n) is 4.05. The zero-order valence-corrected chi connectivity index (χ0v) is 7.45. The van der Waals surface area contributed by atoms with Gasteiger partial charge in [0.05, 0.1) is 13.2 Å². The number of aliphatic hydroxyl groups is 1. The van der Waals surface area contributed by atoms with Gasteiger partial charge in [-0.15, -0.1) is 0 Å². The van der Waals surface area contributed by atoms with Crippen molar-refractivity contribution in [1.29, 1.82) is 0 Å². The molecule has 1 heterocycles. The summed E-state index contributed by atoms with van der Waals surface area (Å²) in [6.45, 7) is 0.0842. The van der Waals surface area contributed by atoms with Gasteiger partial charge >= 0.3 is 5.63 Å². The van der Waals surface area contributed by atoms with Crippen molar-refractivity contribution in [2.45, 2.75) is 12.8 Å². The molecule has 1 rings (SSSR count). The highest BCUT2D eigenvalue weighted by atomic mass is 16.5. The van der Waals surface area contributed by atoms with Gasteiger partial charge in [0.15, 0.2) is 0 Å². The highest BCUT2D eigenvalue weighted by Gasteiger charge is 2.00. The summed E-state index contributed by atoms with van der Waals surface area (Å²) in [5.74, 6) is 1.03. The van der Waals surface area contributed by atoms with Crippen molar-refractivity contribution in [3.63, 3.8) is 0 Å². The number of hydrogen-bond donors (Lipinski definition) is 1. The monoisotopic (exact) mass is 184 g/mol. The van der Waals surface area contributed by atoms with Crippen LogP contribution >= 0.6 is 0 Å². The highest BCUT2D eigenvalue weighted by Crippen LogP contribution is 2.10. The van der Waals surface area contributed by atoms with Gasteiger partial charge in [-0.05, 0) is 6.42 Å². The van der Waals surface area contributed by atoms with E-state index in [-0.39, 0.29) is 6.61 Å². The zero-order valence-electron chi connectivity index (χ0n) is 7.45. The SMILES string of the molecule is COc1cc(CCCO)oc(=O)c1. The molecule has 1 aromatic heterocycles. The van der Waals surface area contributed by atoms with Crippen LogP contribution in [0.1, 0.15) is 12.2 Å². The minimum absolute atomic E-state index is 0.0842. The minimum atomic E-state index is -0.424. The molecule has 1 N–H and O–H groups in total. The molecule has 0 saturated carbocycles. The molecule has 0 aliphatic carbocycles. The van der Waals surface area contributed by atoms with Gasteiger partial charge in [-0.1, -0.05) is 0 Å². The predicted octanol–water partition coefficient (Wildman–Crippen LogP) is 0.573. The molecule has 0 unspecified atom stereocenters. The largest absolute Gasteiger partial charge is 0.496 e. The fourth-order valence-corrected chi connectivity index (χ4v) is 0.999. The Bertz CT molecular complexity index is 316. The van der Waals surface area contributed by atoms with Crippen LogP contribution in [0.3, 0.4) is 0 Å². The van der Waals surface area contributed by atoms with E-state index in [9.17, 15) is 4.79 Å². The molecule has 13 heavy (non-hydrogen) atoms. The number of hydrogen-bond acceptors (Lipinski definition) is 4. The van der Waals surface area contributed by atoms with Gasteiger partial charge in [-0.25, -0.2) is 4.79 Å². The average molecular weight is 184 g/mol. The Morgan fingerprint density at radius 1 is 1.54 bits per heavy atom. The van der Waals surface area contributed by atoms with Gasteiger partial charge in [0, 0.05) is 19.1 Å². The maximum Gasteiger partial charge on any atom is 0.339 e. The number of rotatable bonds is 4. The van der Waals surface area contributed by atoms with E-state index in [1.165, 1.54) is 13.2 Å². The first kappa shape index (κ1) is 9.80. The van der Waals surface area contributed by atoms with Crippen molar-refractivity contribution in [3.8, 4) is 5.75 Å². The van der Waals surface area contributed by atoms with E-state index < -0.39 is 5.63 Å². The summed E-state index contributed by atoms with van der Waals surface area (Å²) in [6.07, 6.45) is 1.12. The molecular formula is C9H12O4. The summed E-state index contributed by atoms with van der Waals surface area (Å²) in [7, 11) is 1.49. The van der Waals surface area contributed by atoms with Crippen LogP contribution in [0.4, 0.5) is 0 Å². The topological polar surface area (TPSA) is 59.7 Å². The van der Waals surface area contributed by atoms with Crippen molar-refractivity contribution in [3.05, 3.63) is 28.3 Å². The van der Waals surface area contributed by atoms with E-state index in [0.717, 1.165) is 0 Å². The quantitative estimate of drug-likeness (QED) is 0.743. The summed E-state index contributed by atoms with van der Waals surface area (Å²) >= 11 is 0. The highest BCUT2D eigenvalue weighted by molar-refractivity contribution is 5.20. The van der Waals surface area contributed by atoms with Crippen LogP contribution in [-0.2, 0) is 6.42 Å². The predicted molar refractivity (Wildman–Crippen MR) is 46.9 cm³/mol. The Hall–Kier alpha value is -1.29. The summed E-state index contributed by atoms with van der Waals surface area (Å²) in [6, 6.07) is 2.93. The van der Waals surface area contributed by atoms with Crippen LogP contribution in [0.15, 0.2) is 21.3 Å². The third-order valence-electron chi connectivity index (χ3n) is 1.61. The van der Waals surface area contributed by atoms with Gasteiger partial charge in [-0.3, -0.25) is 0 Å². The van der Waals surface area contributed by atoms with Gasteiger partial charge in [0.1, 0.15) is 11.5 Å². The van der Waals surface area contributed by atoms with E-state index >= 15 is 0 Å². The molecular weight excluding hydrogens is 172 g/mol. The Morgan fingerprint density at radius 3 is 2.92 bits per heavy atom. The summed E-state index contributed by atoms with van der Waals surface area (Å²) in [4.78, 5) is 10.9. The molecule has 0 amide bonds. The summed E-state index contributed by atoms with van der Waals surface area (Å²) in [5.41, 5.74) is -0.424. The Morgan fingerprint density at radius 2 is 2.31 bits per heavy atom. The van der Waals surface area contributed by atoms with Crippen LogP contribution in [0.5, 0.6) is 5.75 Å². The zero-order chi connectivity index (χ0) is 9.68. The number of methoxy groups -OCH3 is 1. The van der Waals surface area contributed by atoms with Crippen molar-refractivity contribution < 1.29 is 14.3 Å². The Balaban J connectivity index is 2.82. The van der Waals surface area contributed by atoms with Gasteiger partial charge in [0.25, 0.3) is 0 Å². The van der Waals surface area contributed by atoms with E-state index in [0.29, 0.717) is 24.4 Å². The summed E-state index contributed by atoms with van der Waals surface area (Å²) in [5, 5.41) is 8.57. The Kier molecular flexibility index (Phi) is 3.52. The van der Waals surface area contributed by atoms with Gasteiger partial charge in [-0.2, -0.15) is 0 Å². The molecule has 4 heteroatoms. The maximum absolute atomic E-state index is 10.9. The average Bonchev–Trinajstić information content (AvgIpc) is 2.14. The fourth-order valence-electron chi connectivity index (χ4n) is 0.999. The molecule has 0 saturated heterocycles. The molecule has 72 valence electrons. The molecule has 0 aliphatic heterocycles. The molecule has 4 nitrogen and oxygen atoms in total. The lowest BCUT2D eigenvalue weighted by atomic mass is 10.2. The van der Waals surface area contributed by atoms with Gasteiger partial charge < -0.3 is 14.3 Å². The van der Waals surface area contributed by atoms with Crippen LogP contribution in [0.25, 0.3) is 0 Å². The molecule has 0 aromatic carbocycles. The fraction of sp³-hybridized carbons (Fsp3) is 0.444. The summed E-state index contributed by atoms with van der Waals surface area (Å²) < 4.78 is 9.77. The number of aliphatic hydroxyl groups excluding tert-OH is 1. The van der Waals surface area contributed by atoms with Crippen molar-refractivity contribution in [2.24, 2.45) is 0 Å². The minimum Gasteiger partial charge on any atom is -0.496 e. The van der Waals surface area contributed by atoms with Crippen LogP contribution in [-0.4, -0.2) is 18.8 Å². The standard InChI is InChI=1S/C9H12O4/c1-12-8-5-7(3-2-4-10)13-9(11)6-8/h5-6,10H,2-4H2,1H3. The lowest BCUT2D eigenvalue weighted by Gasteiger charge is -2.01. The number of aryl methyl sites for hydroxylation is 1. The first-order chi connectivity index (χ1) is 6.26. The third-order valence-corrected chi connectivity index (χ3v) is 1.61.